The second kappa shape index (κ2) is 9.47. The Labute approximate surface area is 175 Å². The number of likely N-dealkylation sites (tertiary alicyclic amines) is 1. The third-order valence-corrected chi connectivity index (χ3v) is 8.04. The summed E-state index contributed by atoms with van der Waals surface area (Å²) in [4.78, 5) is 4.25. The van der Waals surface area contributed by atoms with Gasteiger partial charge < -0.3 is 4.90 Å². The van der Waals surface area contributed by atoms with Gasteiger partial charge in [0.25, 0.3) is 0 Å². The summed E-state index contributed by atoms with van der Waals surface area (Å²) in [5.41, 5.74) is 4.33. The van der Waals surface area contributed by atoms with E-state index in [9.17, 15) is 0 Å². The molecule has 2 aromatic rings. The van der Waals surface area contributed by atoms with Gasteiger partial charge in [-0.05, 0) is 93.6 Å². The van der Waals surface area contributed by atoms with Crippen molar-refractivity contribution >= 4 is 11.9 Å². The maximum absolute atomic E-state index is 2.79. The molecule has 0 amide bonds. The summed E-state index contributed by atoms with van der Waals surface area (Å²) in [6, 6.07) is 18.5. The van der Waals surface area contributed by atoms with E-state index >= 15 is 0 Å². The van der Waals surface area contributed by atoms with Crippen LogP contribution in [0, 0.1) is 19.8 Å². The molecule has 0 radical (unpaired) electrons. The fourth-order valence-corrected chi connectivity index (χ4v) is 5.92. The van der Waals surface area contributed by atoms with Gasteiger partial charge in [-0.1, -0.05) is 48.5 Å². The highest BCUT2D eigenvalue weighted by molar-refractivity contribution is 7.97. The van der Waals surface area contributed by atoms with Crippen LogP contribution in [-0.2, 0) is 6.42 Å². The van der Waals surface area contributed by atoms with Crippen LogP contribution < -0.4 is 0 Å². The topological polar surface area (TPSA) is 6.48 Å². The van der Waals surface area contributed by atoms with E-state index in [-0.39, 0.29) is 0 Å². The maximum atomic E-state index is 2.79. The monoisotopic (exact) mass is 394 g/mol. The zero-order valence-corrected chi connectivity index (χ0v) is 18.3. The Bertz CT molecular complexity index is 724. The van der Waals surface area contributed by atoms with Gasteiger partial charge in [-0.15, -0.1) is 0 Å². The maximum Gasteiger partial charge on any atom is 0.0288 e. The Kier molecular flexibility index (Phi) is 6.77. The van der Waals surface area contributed by atoms with Crippen LogP contribution in [0.1, 0.15) is 42.4 Å². The zero-order chi connectivity index (χ0) is 19.3. The van der Waals surface area contributed by atoms with Crippen LogP contribution >= 0.6 is 11.9 Å². The Morgan fingerprint density at radius 2 is 1.43 bits per heavy atom. The van der Waals surface area contributed by atoms with Gasteiger partial charge in [-0.3, -0.25) is 0 Å². The van der Waals surface area contributed by atoms with Crippen molar-refractivity contribution in [1.29, 1.82) is 0 Å². The highest BCUT2D eigenvalue weighted by atomic mass is 32.2. The molecule has 2 saturated heterocycles. The van der Waals surface area contributed by atoms with Crippen LogP contribution in [0.4, 0.5) is 0 Å². The second-order valence-electron chi connectivity index (χ2n) is 8.64. The molecule has 2 aromatic carbocycles. The minimum absolute atomic E-state index is 0.799. The summed E-state index contributed by atoms with van der Waals surface area (Å²) in [5.74, 6) is 0.873. The molecule has 0 N–H and O–H groups in total. The molecule has 0 atom stereocenters. The standard InChI is InChI=1S/C25H34N2S/c1-20-7-6-8-21(2)25(20)28-27-17-13-24(14-18-27)26-15-11-23(12-16-26)19-22-9-4-3-5-10-22/h3-10,23-24H,11-19H2,1-2H3. The molecular formula is C25H34N2S. The first-order valence-electron chi connectivity index (χ1n) is 11.0. The normalized spacial score (nSPS) is 20.5. The molecule has 3 heteroatoms. The van der Waals surface area contributed by atoms with Crippen molar-refractivity contribution in [3.63, 3.8) is 0 Å². The van der Waals surface area contributed by atoms with Crippen LogP contribution in [0.25, 0.3) is 0 Å². The largest absolute Gasteiger partial charge is 0.300 e. The summed E-state index contributed by atoms with van der Waals surface area (Å²) in [6.45, 7) is 9.50. The van der Waals surface area contributed by atoms with Crippen molar-refractivity contribution in [2.75, 3.05) is 26.2 Å². The van der Waals surface area contributed by atoms with Crippen molar-refractivity contribution in [2.45, 2.75) is 56.9 Å². The van der Waals surface area contributed by atoms with E-state index in [4.69, 9.17) is 0 Å². The number of hydrogen-bond acceptors (Lipinski definition) is 3. The SMILES string of the molecule is Cc1cccc(C)c1SN1CCC(N2CCC(Cc3ccccc3)CC2)CC1. The number of piperidine rings is 2. The smallest absolute Gasteiger partial charge is 0.0288 e. The van der Waals surface area contributed by atoms with E-state index in [0.717, 1.165) is 12.0 Å². The lowest BCUT2D eigenvalue weighted by Crippen LogP contribution is -2.46. The van der Waals surface area contributed by atoms with Crippen LogP contribution in [0.2, 0.25) is 0 Å². The molecule has 2 fully saturated rings. The van der Waals surface area contributed by atoms with E-state index in [1.807, 2.05) is 11.9 Å². The molecule has 0 aromatic heterocycles. The van der Waals surface area contributed by atoms with Crippen LogP contribution in [-0.4, -0.2) is 41.4 Å². The van der Waals surface area contributed by atoms with E-state index in [1.54, 1.807) is 0 Å². The lowest BCUT2D eigenvalue weighted by molar-refractivity contribution is 0.0989. The third-order valence-electron chi connectivity index (χ3n) is 6.59. The molecular weight excluding hydrogens is 360 g/mol. The first kappa shape index (κ1) is 20.0. The highest BCUT2D eigenvalue weighted by Crippen LogP contribution is 2.33. The van der Waals surface area contributed by atoms with Crippen molar-refractivity contribution in [2.24, 2.45) is 5.92 Å². The van der Waals surface area contributed by atoms with Gasteiger partial charge in [0.1, 0.15) is 0 Å². The van der Waals surface area contributed by atoms with E-state index in [2.05, 4.69) is 71.6 Å². The van der Waals surface area contributed by atoms with E-state index in [1.165, 1.54) is 79.9 Å². The van der Waals surface area contributed by atoms with Gasteiger partial charge in [0.05, 0.1) is 0 Å². The molecule has 4 rings (SSSR count). The van der Waals surface area contributed by atoms with Gasteiger partial charge in [0, 0.05) is 24.0 Å². The molecule has 28 heavy (non-hydrogen) atoms. The Morgan fingerprint density at radius 3 is 2.07 bits per heavy atom. The predicted octanol–water partition coefficient (Wildman–Crippen LogP) is 5.73. The lowest BCUT2D eigenvalue weighted by Gasteiger charge is -2.41. The van der Waals surface area contributed by atoms with Gasteiger partial charge in [0.2, 0.25) is 0 Å². The Hall–Kier alpha value is -1.29. The number of hydrogen-bond donors (Lipinski definition) is 0. The van der Waals surface area contributed by atoms with Crippen LogP contribution in [0.15, 0.2) is 53.4 Å². The summed E-state index contributed by atoms with van der Waals surface area (Å²) in [5, 5.41) is 0. The fraction of sp³-hybridized carbons (Fsp3) is 0.520. The first-order valence-corrected chi connectivity index (χ1v) is 11.7. The fourth-order valence-electron chi connectivity index (χ4n) is 4.84. The first-order chi connectivity index (χ1) is 13.7. The Balaban J connectivity index is 1.23. The number of aryl methyl sites for hydroxylation is 2. The van der Waals surface area contributed by atoms with Crippen LogP contribution in [0.3, 0.4) is 0 Å². The second-order valence-corrected chi connectivity index (χ2v) is 9.75. The summed E-state index contributed by atoms with van der Waals surface area (Å²) >= 11 is 1.98. The molecule has 0 saturated carbocycles. The van der Waals surface area contributed by atoms with E-state index in [0.29, 0.717) is 0 Å². The molecule has 2 aliphatic heterocycles. The predicted molar refractivity (Wildman–Crippen MR) is 121 cm³/mol. The molecule has 2 aliphatic rings. The van der Waals surface area contributed by atoms with Gasteiger partial charge >= 0.3 is 0 Å². The van der Waals surface area contributed by atoms with E-state index < -0.39 is 0 Å². The summed E-state index contributed by atoms with van der Waals surface area (Å²) < 4.78 is 2.59. The molecule has 0 spiro atoms. The van der Waals surface area contributed by atoms with Gasteiger partial charge in [-0.25, -0.2) is 4.31 Å². The highest BCUT2D eigenvalue weighted by Gasteiger charge is 2.28. The Morgan fingerprint density at radius 1 is 0.786 bits per heavy atom. The van der Waals surface area contributed by atoms with Crippen molar-refractivity contribution in [3.8, 4) is 0 Å². The minimum atomic E-state index is 0.799. The lowest BCUT2D eigenvalue weighted by atomic mass is 9.89. The summed E-state index contributed by atoms with van der Waals surface area (Å²) in [7, 11) is 0. The minimum Gasteiger partial charge on any atom is -0.300 e. The molecule has 2 heterocycles. The zero-order valence-electron chi connectivity index (χ0n) is 17.4. The number of benzene rings is 2. The molecule has 2 nitrogen and oxygen atoms in total. The van der Waals surface area contributed by atoms with Crippen molar-refractivity contribution < 1.29 is 0 Å². The van der Waals surface area contributed by atoms with Crippen LogP contribution in [0.5, 0.6) is 0 Å². The molecule has 150 valence electrons. The van der Waals surface area contributed by atoms with Crippen molar-refractivity contribution in [3.05, 3.63) is 65.2 Å². The molecule has 0 aliphatic carbocycles. The van der Waals surface area contributed by atoms with Gasteiger partial charge in [0.15, 0.2) is 0 Å². The van der Waals surface area contributed by atoms with Crippen molar-refractivity contribution in [1.82, 2.24) is 9.21 Å². The average molecular weight is 395 g/mol. The molecule has 0 unspecified atom stereocenters. The summed E-state index contributed by atoms with van der Waals surface area (Å²) in [6.07, 6.45) is 6.64. The molecule has 0 bridgehead atoms. The number of nitrogens with zero attached hydrogens (tertiary/aromatic N) is 2. The quantitative estimate of drug-likeness (QED) is 0.598. The number of rotatable bonds is 5. The third kappa shape index (κ3) is 5.00. The van der Waals surface area contributed by atoms with Gasteiger partial charge in [-0.2, -0.15) is 0 Å². The average Bonchev–Trinajstić information content (AvgIpc) is 2.73.